The summed E-state index contributed by atoms with van der Waals surface area (Å²) < 4.78 is 0. The Bertz CT molecular complexity index is 784. The quantitative estimate of drug-likeness (QED) is 0.508. The Morgan fingerprint density at radius 2 is 1.97 bits per heavy atom. The molecule has 2 heteroatoms. The summed E-state index contributed by atoms with van der Waals surface area (Å²) in [6.07, 6.45) is 15.5. The Morgan fingerprint density at radius 3 is 2.67 bits per heavy atom. The minimum Gasteiger partial charge on any atom is -0.393 e. The largest absolute Gasteiger partial charge is 0.393 e. The third-order valence-corrected chi connectivity index (χ3v) is 8.34. The second kappa shape index (κ2) is 9.03. The summed E-state index contributed by atoms with van der Waals surface area (Å²) in [5.41, 5.74) is 7.87. The van der Waals surface area contributed by atoms with Gasteiger partial charge in [-0.2, -0.15) is 0 Å². The first kappa shape index (κ1) is 23.3. The van der Waals surface area contributed by atoms with Gasteiger partial charge < -0.3 is 10.2 Å². The number of hydrogen-bond acceptors (Lipinski definition) is 2. The molecular weight excluding hydrogens is 368 g/mol. The van der Waals surface area contributed by atoms with E-state index in [0.29, 0.717) is 23.2 Å². The van der Waals surface area contributed by atoms with Crippen LogP contribution in [0.5, 0.6) is 0 Å². The molecule has 3 saturated carbocycles. The van der Waals surface area contributed by atoms with E-state index >= 15 is 0 Å². The zero-order chi connectivity index (χ0) is 22.1. The monoisotopic (exact) mass is 410 g/mol. The van der Waals surface area contributed by atoms with E-state index in [9.17, 15) is 10.2 Å². The average Bonchev–Trinajstić information content (AvgIpc) is 3.03. The molecule has 0 aliphatic heterocycles. The Labute approximate surface area is 184 Å². The summed E-state index contributed by atoms with van der Waals surface area (Å²) in [7, 11) is 0. The van der Waals surface area contributed by atoms with E-state index in [0.717, 1.165) is 24.8 Å². The fourth-order valence-corrected chi connectivity index (χ4v) is 6.09. The SMILES string of the molecule is C=C1CCC(O)C/C1=C/C=C1\CCCC2(C)C1CCC2C(C)C=C=C(C)C(C)(C)O. The van der Waals surface area contributed by atoms with Crippen molar-refractivity contribution >= 4 is 0 Å². The predicted molar refractivity (Wildman–Crippen MR) is 126 cm³/mol. The fourth-order valence-electron chi connectivity index (χ4n) is 6.09. The summed E-state index contributed by atoms with van der Waals surface area (Å²) in [4.78, 5) is 0. The van der Waals surface area contributed by atoms with Gasteiger partial charge in [0.25, 0.3) is 0 Å². The van der Waals surface area contributed by atoms with Crippen molar-refractivity contribution in [1.82, 2.24) is 0 Å². The smallest absolute Gasteiger partial charge is 0.0871 e. The van der Waals surface area contributed by atoms with Crippen molar-refractivity contribution in [2.24, 2.45) is 23.2 Å². The lowest BCUT2D eigenvalue weighted by Gasteiger charge is -2.44. The first-order valence-corrected chi connectivity index (χ1v) is 11.9. The molecule has 166 valence electrons. The lowest BCUT2D eigenvalue weighted by atomic mass is 9.61. The molecule has 0 bridgehead atoms. The molecule has 0 radical (unpaired) electrons. The van der Waals surface area contributed by atoms with Gasteiger partial charge in [-0.1, -0.05) is 43.7 Å². The van der Waals surface area contributed by atoms with E-state index in [1.165, 1.54) is 43.3 Å². The van der Waals surface area contributed by atoms with Gasteiger partial charge in [0.15, 0.2) is 0 Å². The number of aliphatic hydroxyl groups excluding tert-OH is 1. The van der Waals surface area contributed by atoms with Gasteiger partial charge in [-0.25, -0.2) is 0 Å². The van der Waals surface area contributed by atoms with Crippen molar-refractivity contribution in [2.45, 2.75) is 97.7 Å². The summed E-state index contributed by atoms with van der Waals surface area (Å²) in [6.45, 7) is 14.7. The van der Waals surface area contributed by atoms with E-state index in [4.69, 9.17) is 0 Å². The highest BCUT2D eigenvalue weighted by atomic mass is 16.3. The van der Waals surface area contributed by atoms with E-state index in [2.05, 4.69) is 44.4 Å². The van der Waals surface area contributed by atoms with Crippen LogP contribution in [0, 0.1) is 23.2 Å². The highest BCUT2D eigenvalue weighted by Gasteiger charge is 2.50. The second-order valence-corrected chi connectivity index (χ2v) is 10.9. The van der Waals surface area contributed by atoms with Crippen molar-refractivity contribution in [1.29, 1.82) is 0 Å². The molecule has 3 rings (SSSR count). The minimum absolute atomic E-state index is 0.208. The first-order valence-electron chi connectivity index (χ1n) is 11.9. The lowest BCUT2D eigenvalue weighted by Crippen LogP contribution is -2.35. The molecule has 0 spiro atoms. The van der Waals surface area contributed by atoms with Crippen LogP contribution in [0.2, 0.25) is 0 Å². The van der Waals surface area contributed by atoms with Gasteiger partial charge in [0.2, 0.25) is 0 Å². The normalized spacial score (nSPS) is 35.8. The van der Waals surface area contributed by atoms with Crippen molar-refractivity contribution in [3.05, 3.63) is 52.8 Å². The van der Waals surface area contributed by atoms with Crippen LogP contribution in [0.4, 0.5) is 0 Å². The van der Waals surface area contributed by atoms with Crippen molar-refractivity contribution in [3.63, 3.8) is 0 Å². The molecular formula is C28H42O2. The van der Waals surface area contributed by atoms with Crippen LogP contribution in [0.15, 0.2) is 52.8 Å². The van der Waals surface area contributed by atoms with E-state index in [1.54, 1.807) is 5.57 Å². The molecule has 2 nitrogen and oxygen atoms in total. The maximum atomic E-state index is 10.2. The number of rotatable bonds is 4. The highest BCUT2D eigenvalue weighted by Crippen LogP contribution is 2.59. The molecule has 0 heterocycles. The minimum atomic E-state index is -0.802. The molecule has 2 N–H and O–H groups in total. The molecule has 3 aliphatic rings. The Morgan fingerprint density at radius 1 is 1.23 bits per heavy atom. The van der Waals surface area contributed by atoms with E-state index < -0.39 is 5.60 Å². The molecule has 5 atom stereocenters. The average molecular weight is 411 g/mol. The standard InChI is InChI=1S/C28H42O2/c1-19-10-14-24(29)18-23(19)13-12-22-8-7-17-28(6)25(15-16-26(22)28)20(2)9-11-21(3)27(4,5)30/h9,12-13,20,24-26,29-30H,1,7-8,10,14-18H2,2-6H3/b22-12+,23-13-. The lowest BCUT2D eigenvalue weighted by molar-refractivity contribution is 0.111. The summed E-state index contributed by atoms with van der Waals surface area (Å²) >= 11 is 0. The Balaban J connectivity index is 1.80. The fraction of sp³-hybridized carbons (Fsp3) is 0.679. The summed E-state index contributed by atoms with van der Waals surface area (Å²) in [6, 6.07) is 0. The molecule has 0 aromatic heterocycles. The number of aliphatic hydroxyl groups is 2. The van der Waals surface area contributed by atoms with Crippen LogP contribution < -0.4 is 0 Å². The van der Waals surface area contributed by atoms with Crippen LogP contribution in [-0.2, 0) is 0 Å². The van der Waals surface area contributed by atoms with Crippen molar-refractivity contribution < 1.29 is 10.2 Å². The molecule has 0 aromatic rings. The third-order valence-electron chi connectivity index (χ3n) is 8.34. The van der Waals surface area contributed by atoms with Gasteiger partial charge in [-0.3, -0.25) is 0 Å². The Kier molecular flexibility index (Phi) is 7.02. The van der Waals surface area contributed by atoms with Gasteiger partial charge in [0.1, 0.15) is 0 Å². The second-order valence-electron chi connectivity index (χ2n) is 10.9. The zero-order valence-electron chi connectivity index (χ0n) is 19.8. The zero-order valence-corrected chi connectivity index (χ0v) is 19.8. The number of allylic oxidation sites excluding steroid dienone is 4. The predicted octanol–water partition coefficient (Wildman–Crippen LogP) is 6.67. The molecule has 0 aromatic carbocycles. The maximum absolute atomic E-state index is 10.2. The summed E-state index contributed by atoms with van der Waals surface area (Å²) in [5.74, 6) is 1.78. The number of hydrogen-bond donors (Lipinski definition) is 2. The molecule has 0 saturated heterocycles. The van der Waals surface area contributed by atoms with Gasteiger partial charge in [-0.15, -0.1) is 5.73 Å². The molecule has 0 amide bonds. The maximum Gasteiger partial charge on any atom is 0.0871 e. The van der Waals surface area contributed by atoms with Crippen LogP contribution in [-0.4, -0.2) is 21.9 Å². The summed E-state index contributed by atoms with van der Waals surface area (Å²) in [5, 5.41) is 20.2. The third kappa shape index (κ3) is 4.93. The Hall–Kier alpha value is -1.34. The molecule has 3 aliphatic carbocycles. The van der Waals surface area contributed by atoms with E-state index in [1.807, 2.05) is 20.8 Å². The topological polar surface area (TPSA) is 40.5 Å². The van der Waals surface area contributed by atoms with Crippen molar-refractivity contribution in [2.75, 3.05) is 0 Å². The van der Waals surface area contributed by atoms with Crippen LogP contribution in [0.1, 0.15) is 86.0 Å². The molecule has 30 heavy (non-hydrogen) atoms. The molecule has 5 unspecified atom stereocenters. The van der Waals surface area contributed by atoms with Crippen molar-refractivity contribution in [3.8, 4) is 0 Å². The number of fused-ring (bicyclic) bond motifs is 1. The van der Waals surface area contributed by atoms with Gasteiger partial charge in [0, 0.05) is 0 Å². The van der Waals surface area contributed by atoms with Crippen LogP contribution >= 0.6 is 0 Å². The first-order chi connectivity index (χ1) is 14.0. The van der Waals surface area contributed by atoms with Gasteiger partial charge in [0.05, 0.1) is 11.7 Å². The van der Waals surface area contributed by atoms with Crippen LogP contribution in [0.3, 0.4) is 0 Å². The van der Waals surface area contributed by atoms with Gasteiger partial charge in [-0.05, 0) is 113 Å². The molecule has 3 fully saturated rings. The van der Waals surface area contributed by atoms with Gasteiger partial charge >= 0.3 is 0 Å². The van der Waals surface area contributed by atoms with E-state index in [-0.39, 0.29) is 6.10 Å². The van der Waals surface area contributed by atoms with Crippen LogP contribution in [0.25, 0.3) is 0 Å². The highest BCUT2D eigenvalue weighted by molar-refractivity contribution is 5.36.